The lowest BCUT2D eigenvalue weighted by molar-refractivity contribution is -0.124. The molecule has 0 radical (unpaired) electrons. The van der Waals surface area contributed by atoms with Crippen LogP contribution in [0.5, 0.6) is 0 Å². The van der Waals surface area contributed by atoms with Crippen LogP contribution in [0.1, 0.15) is 36.3 Å². The van der Waals surface area contributed by atoms with Gasteiger partial charge in [0, 0.05) is 0 Å². The third-order valence-electron chi connectivity index (χ3n) is 5.53. The van der Waals surface area contributed by atoms with Gasteiger partial charge in [0.2, 0.25) is 5.91 Å². The third kappa shape index (κ3) is 4.14. The van der Waals surface area contributed by atoms with E-state index in [0.717, 1.165) is 11.1 Å². The lowest BCUT2D eigenvalue weighted by Gasteiger charge is -2.21. The number of amides is 1. The van der Waals surface area contributed by atoms with E-state index in [1.54, 1.807) is 30.5 Å². The fourth-order valence-corrected chi connectivity index (χ4v) is 3.89. The number of carbonyl (C=O) groups is 1. The smallest absolute Gasteiger partial charge is 0.332 e. The minimum Gasteiger partial charge on any atom is -0.467 e. The number of benzene rings is 2. The zero-order valence-corrected chi connectivity index (χ0v) is 18.1. The van der Waals surface area contributed by atoms with Gasteiger partial charge in [-0.3, -0.25) is 18.7 Å². The zero-order valence-electron chi connectivity index (χ0n) is 18.1. The van der Waals surface area contributed by atoms with Crippen LogP contribution in [0.25, 0.3) is 10.9 Å². The Bertz CT molecular complexity index is 1350. The van der Waals surface area contributed by atoms with Gasteiger partial charge < -0.3 is 9.73 Å². The minimum atomic E-state index is -0.773. The number of fused-ring (bicyclic) bond motifs is 1. The van der Waals surface area contributed by atoms with Crippen LogP contribution in [-0.2, 0) is 17.9 Å². The molecule has 4 rings (SSSR count). The third-order valence-corrected chi connectivity index (χ3v) is 5.53. The summed E-state index contributed by atoms with van der Waals surface area (Å²) < 4.78 is 7.93. The number of aromatic nitrogens is 2. The van der Waals surface area contributed by atoms with E-state index in [-0.39, 0.29) is 24.6 Å². The quantitative estimate of drug-likeness (QED) is 0.486. The Morgan fingerprint density at radius 1 is 1.06 bits per heavy atom. The second-order valence-corrected chi connectivity index (χ2v) is 7.77. The summed E-state index contributed by atoms with van der Waals surface area (Å²) in [5.74, 6) is 0.313. The van der Waals surface area contributed by atoms with Crippen molar-refractivity contribution in [3.05, 3.63) is 105 Å². The van der Waals surface area contributed by atoms with E-state index in [1.165, 1.54) is 9.13 Å². The Balaban J connectivity index is 1.83. The second-order valence-electron chi connectivity index (χ2n) is 7.77. The first-order chi connectivity index (χ1) is 15.5. The van der Waals surface area contributed by atoms with Gasteiger partial charge in [0.1, 0.15) is 11.8 Å². The van der Waals surface area contributed by atoms with Crippen LogP contribution in [0.2, 0.25) is 0 Å². The Morgan fingerprint density at radius 2 is 1.84 bits per heavy atom. The molecule has 0 aliphatic carbocycles. The lowest BCUT2D eigenvalue weighted by Crippen LogP contribution is -2.45. The van der Waals surface area contributed by atoms with E-state index in [4.69, 9.17) is 4.42 Å². The van der Waals surface area contributed by atoms with Gasteiger partial charge in [-0.15, -0.1) is 0 Å². The first kappa shape index (κ1) is 21.4. The molecule has 7 nitrogen and oxygen atoms in total. The Kier molecular flexibility index (Phi) is 6.07. The molecule has 0 aliphatic rings. The Hall–Kier alpha value is -3.87. The summed E-state index contributed by atoms with van der Waals surface area (Å²) in [6.07, 6.45) is 1.93. The molecule has 1 atom stereocenters. The van der Waals surface area contributed by atoms with Gasteiger partial charge in [0.05, 0.1) is 30.3 Å². The molecule has 0 bridgehead atoms. The summed E-state index contributed by atoms with van der Waals surface area (Å²) in [6.45, 7) is 4.09. The molecule has 0 saturated carbocycles. The normalized spacial score (nSPS) is 12.1. The number of nitrogens with one attached hydrogen (secondary N) is 1. The Morgan fingerprint density at radius 3 is 2.53 bits per heavy atom. The van der Waals surface area contributed by atoms with Crippen LogP contribution in [-0.4, -0.2) is 15.0 Å². The van der Waals surface area contributed by atoms with Crippen LogP contribution in [0.4, 0.5) is 0 Å². The minimum absolute atomic E-state index is 0.132. The molecule has 0 aliphatic heterocycles. The fourth-order valence-electron chi connectivity index (χ4n) is 3.89. The predicted octanol–water partition coefficient (Wildman–Crippen LogP) is 3.38. The maximum absolute atomic E-state index is 13.6. The highest BCUT2D eigenvalue weighted by atomic mass is 16.3. The van der Waals surface area contributed by atoms with Crippen LogP contribution >= 0.6 is 0 Å². The molecule has 4 aromatic rings. The molecule has 0 fully saturated rings. The molecule has 1 N–H and O–H groups in total. The first-order valence-corrected chi connectivity index (χ1v) is 10.6. The van der Waals surface area contributed by atoms with Gasteiger partial charge in [0.15, 0.2) is 0 Å². The van der Waals surface area contributed by atoms with Crippen LogP contribution in [0.15, 0.2) is 80.9 Å². The van der Waals surface area contributed by atoms with E-state index in [2.05, 4.69) is 5.32 Å². The average Bonchev–Trinajstić information content (AvgIpc) is 3.32. The summed E-state index contributed by atoms with van der Waals surface area (Å²) >= 11 is 0. The van der Waals surface area contributed by atoms with Crippen molar-refractivity contribution in [2.24, 2.45) is 0 Å². The van der Waals surface area contributed by atoms with E-state index >= 15 is 0 Å². The Labute approximate surface area is 184 Å². The molecule has 1 amide bonds. The highest BCUT2D eigenvalue weighted by Gasteiger charge is 2.24. The number of aryl methyl sites for hydroxylation is 1. The van der Waals surface area contributed by atoms with Crippen molar-refractivity contribution in [2.75, 3.05) is 0 Å². The lowest BCUT2D eigenvalue weighted by atomic mass is 10.1. The summed E-state index contributed by atoms with van der Waals surface area (Å²) in [4.78, 5) is 39.9. The molecule has 32 heavy (non-hydrogen) atoms. The van der Waals surface area contributed by atoms with Crippen molar-refractivity contribution in [1.29, 1.82) is 0 Å². The number of hydrogen-bond acceptors (Lipinski definition) is 4. The predicted molar refractivity (Wildman–Crippen MR) is 123 cm³/mol. The molecule has 164 valence electrons. The first-order valence-electron chi connectivity index (χ1n) is 10.6. The van der Waals surface area contributed by atoms with Gasteiger partial charge in [-0.2, -0.15) is 0 Å². The monoisotopic (exact) mass is 431 g/mol. The van der Waals surface area contributed by atoms with Gasteiger partial charge in [0.25, 0.3) is 5.56 Å². The molecule has 7 heteroatoms. The molecule has 2 aromatic carbocycles. The van der Waals surface area contributed by atoms with E-state index in [9.17, 15) is 14.4 Å². The maximum Gasteiger partial charge on any atom is 0.332 e. The van der Waals surface area contributed by atoms with Crippen molar-refractivity contribution in [2.45, 2.75) is 39.4 Å². The number of furan rings is 1. The molecule has 2 aromatic heterocycles. The van der Waals surface area contributed by atoms with Crippen molar-refractivity contribution in [1.82, 2.24) is 14.5 Å². The number of nitrogens with zero attached hydrogens (tertiary/aromatic N) is 2. The van der Waals surface area contributed by atoms with Crippen molar-refractivity contribution >= 4 is 16.8 Å². The molecular weight excluding hydrogens is 406 g/mol. The molecule has 1 unspecified atom stereocenters. The summed E-state index contributed by atoms with van der Waals surface area (Å²) in [5, 5.41) is 3.26. The van der Waals surface area contributed by atoms with Crippen molar-refractivity contribution < 1.29 is 9.21 Å². The SMILES string of the molecule is CCC(C(=O)NCc1ccco1)n1c(=O)n(Cc2ccccc2)c(=O)c2cc(C)ccc21. The number of rotatable bonds is 7. The van der Waals surface area contributed by atoms with Gasteiger partial charge in [-0.25, -0.2) is 4.79 Å². The highest BCUT2D eigenvalue weighted by molar-refractivity contribution is 5.84. The van der Waals surface area contributed by atoms with E-state index in [0.29, 0.717) is 23.1 Å². The summed E-state index contributed by atoms with van der Waals surface area (Å²) in [5.41, 5.74) is 1.33. The topological polar surface area (TPSA) is 86.2 Å². The van der Waals surface area contributed by atoms with Crippen molar-refractivity contribution in [3.63, 3.8) is 0 Å². The van der Waals surface area contributed by atoms with Crippen LogP contribution < -0.4 is 16.6 Å². The van der Waals surface area contributed by atoms with Crippen LogP contribution in [0.3, 0.4) is 0 Å². The standard InChI is InChI=1S/C25H25N3O4/c1-3-21(23(29)26-15-19-10-7-13-32-19)28-22-12-11-17(2)14-20(22)24(30)27(25(28)31)16-18-8-5-4-6-9-18/h4-14,21H,3,15-16H2,1-2H3,(H,26,29). The molecule has 0 saturated heterocycles. The van der Waals surface area contributed by atoms with Gasteiger partial charge >= 0.3 is 5.69 Å². The molecular formula is C25H25N3O4. The average molecular weight is 431 g/mol. The largest absolute Gasteiger partial charge is 0.467 e. The fraction of sp³-hybridized carbons (Fsp3) is 0.240. The van der Waals surface area contributed by atoms with E-state index in [1.807, 2.05) is 50.2 Å². The van der Waals surface area contributed by atoms with Gasteiger partial charge in [-0.05, 0) is 43.2 Å². The molecule has 0 spiro atoms. The van der Waals surface area contributed by atoms with Crippen LogP contribution in [0, 0.1) is 6.92 Å². The zero-order chi connectivity index (χ0) is 22.7. The maximum atomic E-state index is 13.6. The van der Waals surface area contributed by atoms with Gasteiger partial charge in [-0.1, -0.05) is 48.9 Å². The summed E-state index contributed by atoms with van der Waals surface area (Å²) in [7, 11) is 0. The second kappa shape index (κ2) is 9.09. The van der Waals surface area contributed by atoms with E-state index < -0.39 is 11.7 Å². The molecule has 2 heterocycles. The summed E-state index contributed by atoms with van der Waals surface area (Å²) in [6, 6.07) is 17.4. The highest BCUT2D eigenvalue weighted by Crippen LogP contribution is 2.18. The number of carbonyl (C=O) groups excluding carboxylic acids is 1. The van der Waals surface area contributed by atoms with Crippen molar-refractivity contribution in [3.8, 4) is 0 Å². The number of hydrogen-bond donors (Lipinski definition) is 1.